The number of rotatable bonds is 3. The zero-order chi connectivity index (χ0) is 13.4. The van der Waals surface area contributed by atoms with Crippen LogP contribution in [0.4, 0.5) is 0 Å². The molecule has 18 heavy (non-hydrogen) atoms. The molecule has 1 aliphatic heterocycles. The summed E-state index contributed by atoms with van der Waals surface area (Å²) in [6.07, 6.45) is 0. The molecule has 0 radical (unpaired) electrons. The Hall–Kier alpha value is 0.140. The fraction of sp³-hybridized carbons (Fsp3) is 0.750. The summed E-state index contributed by atoms with van der Waals surface area (Å²) in [7, 11) is -4.42. The van der Waals surface area contributed by atoms with E-state index in [2.05, 4.69) is 0 Å². The molecule has 7 nitrogen and oxygen atoms in total. The number of piperazine rings is 1. The minimum Gasteiger partial charge on any atom is -0.748 e. The van der Waals surface area contributed by atoms with Crippen LogP contribution < -0.4 is 29.6 Å². The monoisotopic (exact) mass is 306 g/mol. The Kier molecular flexibility index (Phi) is 6.11. The van der Waals surface area contributed by atoms with Gasteiger partial charge in [-0.2, -0.15) is 0 Å². The molecule has 0 unspecified atom stereocenters. The molecule has 0 N–H and O–H groups in total. The zero-order valence-corrected chi connectivity index (χ0v) is 13.9. The summed E-state index contributed by atoms with van der Waals surface area (Å²) < 4.78 is 32.2. The van der Waals surface area contributed by atoms with E-state index in [1.165, 1.54) is 13.8 Å². The van der Waals surface area contributed by atoms with Crippen LogP contribution in [0.2, 0.25) is 0 Å². The van der Waals surface area contributed by atoms with Crippen molar-refractivity contribution in [3.63, 3.8) is 0 Å². The van der Waals surface area contributed by atoms with Gasteiger partial charge in [0, 0.05) is 18.3 Å². The average molecular weight is 307 g/mol. The van der Waals surface area contributed by atoms with Gasteiger partial charge in [-0.05, 0) is 13.8 Å². The van der Waals surface area contributed by atoms with Gasteiger partial charge in [0.25, 0.3) is 5.91 Å². The van der Waals surface area contributed by atoms with E-state index in [-0.39, 0.29) is 42.6 Å². The second-order valence-corrected chi connectivity index (χ2v) is 6.08. The summed E-state index contributed by atoms with van der Waals surface area (Å²) in [6.45, 7) is 2.27. The van der Waals surface area contributed by atoms with Gasteiger partial charge in [0.15, 0.2) is 0 Å². The molecule has 0 aromatic rings. The van der Waals surface area contributed by atoms with Gasteiger partial charge in [0.05, 0.1) is 15.9 Å². The van der Waals surface area contributed by atoms with Crippen LogP contribution in [-0.2, 0) is 19.7 Å². The van der Waals surface area contributed by atoms with Gasteiger partial charge in [-0.25, -0.2) is 12.8 Å². The Morgan fingerprint density at radius 3 is 2.33 bits per heavy atom. The van der Waals surface area contributed by atoms with Crippen LogP contribution in [0.1, 0.15) is 13.8 Å². The summed E-state index contributed by atoms with van der Waals surface area (Å²) in [6, 6.07) is 0. The molecule has 0 aliphatic carbocycles. The van der Waals surface area contributed by atoms with Gasteiger partial charge in [0.2, 0.25) is 5.91 Å². The van der Waals surface area contributed by atoms with Crippen molar-refractivity contribution in [1.82, 2.24) is 9.32 Å². The minimum absolute atomic E-state index is 0. The Morgan fingerprint density at radius 1 is 1.39 bits per heavy atom. The Morgan fingerprint density at radius 2 is 1.89 bits per heavy atom. The fourth-order valence-electron chi connectivity index (χ4n) is 1.48. The molecule has 0 saturated carbocycles. The first kappa shape index (κ1) is 18.1. The fourth-order valence-corrected chi connectivity index (χ4v) is 2.05. The molecule has 98 valence electrons. The van der Waals surface area contributed by atoms with Gasteiger partial charge in [-0.1, -0.05) is 0 Å². The summed E-state index contributed by atoms with van der Waals surface area (Å²) in [5.41, 5.74) is -1.25. The molecular formula is C8H12ClN2NaO5S. The molecule has 2 amide bonds. The average Bonchev–Trinajstić information content (AvgIpc) is 2.18. The van der Waals surface area contributed by atoms with Crippen molar-refractivity contribution < 1.29 is 52.1 Å². The first-order chi connectivity index (χ1) is 7.55. The minimum atomic E-state index is -4.42. The standard InChI is InChI=1S/C8H13ClN2O5S.Na/c1-8(2)7(13)10(3-4-17(14,15)16)5-6(12)11(8)9;/h3-5H2,1-2H3,(H,14,15,16);/q;+1/p-1. The van der Waals surface area contributed by atoms with Crippen LogP contribution in [0.15, 0.2) is 0 Å². The molecule has 0 atom stereocenters. The van der Waals surface area contributed by atoms with Gasteiger partial charge in [-0.3, -0.25) is 9.59 Å². The van der Waals surface area contributed by atoms with Crippen molar-refractivity contribution in [1.29, 1.82) is 0 Å². The van der Waals surface area contributed by atoms with Crippen LogP contribution in [0.25, 0.3) is 0 Å². The molecule has 0 spiro atoms. The number of amides is 2. The summed E-state index contributed by atoms with van der Waals surface area (Å²) in [5, 5.41) is 0. The Labute approximate surface area is 133 Å². The van der Waals surface area contributed by atoms with E-state index in [0.717, 1.165) is 9.32 Å². The number of halogens is 1. The van der Waals surface area contributed by atoms with Crippen LogP contribution in [0, 0.1) is 0 Å². The van der Waals surface area contributed by atoms with Crippen molar-refractivity contribution in [2.75, 3.05) is 18.8 Å². The third-order valence-corrected chi connectivity index (χ3v) is 3.75. The normalized spacial score (nSPS) is 19.8. The van der Waals surface area contributed by atoms with E-state index in [1.54, 1.807) is 0 Å². The molecule has 0 aromatic carbocycles. The van der Waals surface area contributed by atoms with E-state index < -0.39 is 33.2 Å². The summed E-state index contributed by atoms with van der Waals surface area (Å²) in [5.74, 6) is -1.72. The molecular weight excluding hydrogens is 295 g/mol. The molecule has 0 bridgehead atoms. The predicted molar refractivity (Wildman–Crippen MR) is 57.9 cm³/mol. The van der Waals surface area contributed by atoms with Gasteiger partial charge in [-0.15, -0.1) is 0 Å². The van der Waals surface area contributed by atoms with Crippen molar-refractivity contribution >= 4 is 33.7 Å². The first-order valence-corrected chi connectivity index (χ1v) is 6.69. The van der Waals surface area contributed by atoms with Crippen molar-refractivity contribution in [3.8, 4) is 0 Å². The quantitative estimate of drug-likeness (QED) is 0.302. The van der Waals surface area contributed by atoms with Gasteiger partial charge in [0.1, 0.15) is 12.1 Å². The smallest absolute Gasteiger partial charge is 0.748 e. The van der Waals surface area contributed by atoms with Crippen molar-refractivity contribution in [2.45, 2.75) is 19.4 Å². The Balaban J connectivity index is 0.00000289. The number of hydrogen-bond donors (Lipinski definition) is 0. The van der Waals surface area contributed by atoms with Crippen LogP contribution in [0.3, 0.4) is 0 Å². The van der Waals surface area contributed by atoms with Crippen molar-refractivity contribution in [3.05, 3.63) is 0 Å². The maximum atomic E-state index is 11.9. The summed E-state index contributed by atoms with van der Waals surface area (Å²) >= 11 is 5.67. The number of carbonyl (C=O) groups excluding carboxylic acids is 2. The van der Waals surface area contributed by atoms with E-state index in [4.69, 9.17) is 11.8 Å². The maximum absolute atomic E-state index is 11.9. The molecule has 10 heteroatoms. The predicted octanol–water partition coefficient (Wildman–Crippen LogP) is -3.86. The van der Waals surface area contributed by atoms with Crippen molar-refractivity contribution in [2.24, 2.45) is 0 Å². The number of hydrogen-bond acceptors (Lipinski definition) is 5. The van der Waals surface area contributed by atoms with Crippen LogP contribution >= 0.6 is 11.8 Å². The third-order valence-electron chi connectivity index (χ3n) is 2.46. The van der Waals surface area contributed by atoms with E-state index in [0.29, 0.717) is 0 Å². The first-order valence-electron chi connectivity index (χ1n) is 4.77. The molecule has 1 aliphatic rings. The van der Waals surface area contributed by atoms with E-state index in [1.807, 2.05) is 0 Å². The molecule has 1 saturated heterocycles. The number of carbonyl (C=O) groups is 2. The zero-order valence-electron chi connectivity index (χ0n) is 10.3. The molecule has 1 rings (SSSR count). The van der Waals surface area contributed by atoms with E-state index in [9.17, 15) is 22.6 Å². The SMILES string of the molecule is CC1(C)C(=O)N(CCS(=O)(=O)[O-])CC(=O)N1Cl.[Na+]. The third kappa shape index (κ3) is 4.07. The van der Waals surface area contributed by atoms with E-state index >= 15 is 0 Å². The van der Waals surface area contributed by atoms with Crippen LogP contribution in [-0.4, -0.2) is 58.5 Å². The van der Waals surface area contributed by atoms with Gasteiger partial charge >= 0.3 is 29.6 Å². The summed E-state index contributed by atoms with van der Waals surface area (Å²) in [4.78, 5) is 24.4. The molecule has 1 fully saturated rings. The molecule has 1 heterocycles. The largest absolute Gasteiger partial charge is 1.00 e. The number of nitrogens with zero attached hydrogens (tertiary/aromatic N) is 2. The Bertz CT molecular complexity index is 452. The second kappa shape index (κ2) is 6.06. The topological polar surface area (TPSA) is 97.8 Å². The molecule has 0 aromatic heterocycles. The maximum Gasteiger partial charge on any atom is 1.00 e. The van der Waals surface area contributed by atoms with Crippen LogP contribution in [0.5, 0.6) is 0 Å². The van der Waals surface area contributed by atoms with Gasteiger partial charge < -0.3 is 9.45 Å². The second-order valence-electron chi connectivity index (χ2n) is 4.22.